The maximum atomic E-state index is 9.71. The van der Waals surface area contributed by atoms with Crippen LogP contribution in [0.5, 0.6) is 0 Å². The summed E-state index contributed by atoms with van der Waals surface area (Å²) in [5.41, 5.74) is 0. The number of aliphatic hydroxyl groups is 1. The zero-order valence-corrected chi connectivity index (χ0v) is 10.1. The highest BCUT2D eigenvalue weighted by molar-refractivity contribution is 4.88. The lowest BCUT2D eigenvalue weighted by molar-refractivity contribution is 0.138. The van der Waals surface area contributed by atoms with Gasteiger partial charge in [0.1, 0.15) is 0 Å². The molecule has 1 aromatic rings. The molecule has 0 fully saturated rings. The van der Waals surface area contributed by atoms with Gasteiger partial charge in [0.05, 0.1) is 19.1 Å². The summed E-state index contributed by atoms with van der Waals surface area (Å²) in [5.74, 6) is 1.60. The molecule has 5 heteroatoms. The Hall–Kier alpha value is -0.940. The third-order valence-electron chi connectivity index (χ3n) is 2.19. The van der Waals surface area contributed by atoms with Gasteiger partial charge in [-0.2, -0.15) is 4.98 Å². The van der Waals surface area contributed by atoms with Crippen LogP contribution in [-0.4, -0.2) is 35.1 Å². The van der Waals surface area contributed by atoms with E-state index in [0.29, 0.717) is 37.1 Å². The summed E-state index contributed by atoms with van der Waals surface area (Å²) < 4.78 is 9.95. The molecule has 0 aromatic carbocycles. The van der Waals surface area contributed by atoms with Gasteiger partial charge < -0.3 is 14.4 Å². The standard InChI is InChI=1S/C11H20N2O3/c1-8(2)6-9(14)7-11-12-10(13-16-11)4-5-15-3/h8-9,14H,4-7H2,1-3H3. The first-order chi connectivity index (χ1) is 7.61. The average molecular weight is 228 g/mol. The lowest BCUT2D eigenvalue weighted by atomic mass is 10.0. The first-order valence-corrected chi connectivity index (χ1v) is 5.60. The number of rotatable bonds is 7. The average Bonchev–Trinajstić information content (AvgIpc) is 2.61. The molecule has 1 atom stereocenters. The molecule has 0 saturated heterocycles. The Morgan fingerprint density at radius 2 is 2.19 bits per heavy atom. The first-order valence-electron chi connectivity index (χ1n) is 5.60. The molecule has 5 nitrogen and oxygen atoms in total. The topological polar surface area (TPSA) is 68.4 Å². The van der Waals surface area contributed by atoms with Crippen LogP contribution < -0.4 is 0 Å². The van der Waals surface area contributed by atoms with Crippen LogP contribution in [-0.2, 0) is 17.6 Å². The van der Waals surface area contributed by atoms with Crippen molar-refractivity contribution in [1.29, 1.82) is 0 Å². The molecule has 0 radical (unpaired) electrons. The van der Waals surface area contributed by atoms with Crippen molar-refractivity contribution in [2.45, 2.75) is 39.2 Å². The van der Waals surface area contributed by atoms with Crippen molar-refractivity contribution in [2.24, 2.45) is 5.92 Å². The molecule has 0 bridgehead atoms. The molecule has 1 aromatic heterocycles. The fourth-order valence-electron chi connectivity index (χ4n) is 1.50. The van der Waals surface area contributed by atoms with Gasteiger partial charge >= 0.3 is 0 Å². The van der Waals surface area contributed by atoms with Crippen molar-refractivity contribution >= 4 is 0 Å². The molecule has 0 saturated carbocycles. The Balaban J connectivity index is 2.39. The number of nitrogens with zero attached hydrogens (tertiary/aromatic N) is 2. The summed E-state index contributed by atoms with van der Waals surface area (Å²) >= 11 is 0. The summed E-state index contributed by atoms with van der Waals surface area (Å²) in [7, 11) is 1.63. The molecule has 0 aliphatic carbocycles. The third kappa shape index (κ3) is 4.72. The Kier molecular flexibility index (Phi) is 5.42. The van der Waals surface area contributed by atoms with Crippen LogP contribution in [0, 0.1) is 5.92 Å². The second-order valence-electron chi connectivity index (χ2n) is 4.33. The summed E-state index contributed by atoms with van der Waals surface area (Å²) in [5, 5.41) is 13.5. The summed E-state index contributed by atoms with van der Waals surface area (Å²) in [6, 6.07) is 0. The molecule has 92 valence electrons. The van der Waals surface area contributed by atoms with E-state index in [0.717, 1.165) is 6.42 Å². The van der Waals surface area contributed by atoms with E-state index in [1.54, 1.807) is 7.11 Å². The van der Waals surface area contributed by atoms with Gasteiger partial charge in [0.2, 0.25) is 5.89 Å². The second kappa shape index (κ2) is 6.60. The summed E-state index contributed by atoms with van der Waals surface area (Å²) in [6.07, 6.45) is 1.41. The fraction of sp³-hybridized carbons (Fsp3) is 0.818. The predicted octanol–water partition coefficient (Wildman–Crippen LogP) is 1.21. The highest BCUT2D eigenvalue weighted by atomic mass is 16.5. The van der Waals surface area contributed by atoms with Crippen LogP contribution in [0.4, 0.5) is 0 Å². The largest absolute Gasteiger partial charge is 0.393 e. The van der Waals surface area contributed by atoms with Crippen molar-refractivity contribution in [3.63, 3.8) is 0 Å². The van der Waals surface area contributed by atoms with Crippen molar-refractivity contribution in [3.8, 4) is 0 Å². The number of hydrogen-bond donors (Lipinski definition) is 1. The van der Waals surface area contributed by atoms with Crippen LogP contribution in [0.3, 0.4) is 0 Å². The van der Waals surface area contributed by atoms with Crippen molar-refractivity contribution in [1.82, 2.24) is 10.1 Å². The fourth-order valence-corrected chi connectivity index (χ4v) is 1.50. The predicted molar refractivity (Wildman–Crippen MR) is 59.0 cm³/mol. The van der Waals surface area contributed by atoms with E-state index in [2.05, 4.69) is 24.0 Å². The number of aliphatic hydroxyl groups excluding tert-OH is 1. The maximum Gasteiger partial charge on any atom is 0.229 e. The molecular formula is C11H20N2O3. The Labute approximate surface area is 95.8 Å². The molecule has 1 heterocycles. The van der Waals surface area contributed by atoms with Gasteiger partial charge in [-0.25, -0.2) is 0 Å². The van der Waals surface area contributed by atoms with Gasteiger partial charge in [0, 0.05) is 13.5 Å². The maximum absolute atomic E-state index is 9.71. The molecule has 16 heavy (non-hydrogen) atoms. The summed E-state index contributed by atoms with van der Waals surface area (Å²) in [4.78, 5) is 4.18. The van der Waals surface area contributed by atoms with Gasteiger partial charge in [-0.3, -0.25) is 0 Å². The normalized spacial score (nSPS) is 13.3. The van der Waals surface area contributed by atoms with E-state index >= 15 is 0 Å². The Bertz CT molecular complexity index is 299. The van der Waals surface area contributed by atoms with Crippen LogP contribution in [0.1, 0.15) is 32.0 Å². The van der Waals surface area contributed by atoms with Crippen LogP contribution in [0.2, 0.25) is 0 Å². The van der Waals surface area contributed by atoms with E-state index in [-0.39, 0.29) is 0 Å². The molecule has 0 spiro atoms. The lowest BCUT2D eigenvalue weighted by Crippen LogP contribution is -2.13. The number of methoxy groups -OCH3 is 1. The SMILES string of the molecule is COCCc1noc(CC(O)CC(C)C)n1. The Morgan fingerprint density at radius 1 is 1.44 bits per heavy atom. The van der Waals surface area contributed by atoms with E-state index < -0.39 is 6.10 Å². The molecule has 1 rings (SSSR count). The molecule has 0 aliphatic heterocycles. The smallest absolute Gasteiger partial charge is 0.229 e. The quantitative estimate of drug-likeness (QED) is 0.759. The van der Waals surface area contributed by atoms with Crippen molar-refractivity contribution in [3.05, 3.63) is 11.7 Å². The van der Waals surface area contributed by atoms with E-state index in [9.17, 15) is 5.11 Å². The minimum Gasteiger partial charge on any atom is -0.393 e. The highest BCUT2D eigenvalue weighted by Gasteiger charge is 2.13. The van der Waals surface area contributed by atoms with Crippen LogP contribution >= 0.6 is 0 Å². The Morgan fingerprint density at radius 3 is 2.81 bits per heavy atom. The van der Waals surface area contributed by atoms with E-state index in [1.807, 2.05) is 0 Å². The lowest BCUT2D eigenvalue weighted by Gasteiger charge is -2.09. The van der Waals surface area contributed by atoms with Gasteiger partial charge in [-0.15, -0.1) is 0 Å². The van der Waals surface area contributed by atoms with Gasteiger partial charge in [-0.05, 0) is 12.3 Å². The van der Waals surface area contributed by atoms with Crippen LogP contribution in [0.15, 0.2) is 4.52 Å². The summed E-state index contributed by atoms with van der Waals surface area (Å²) in [6.45, 7) is 4.72. The van der Waals surface area contributed by atoms with Crippen molar-refractivity contribution < 1.29 is 14.4 Å². The van der Waals surface area contributed by atoms with Crippen LogP contribution in [0.25, 0.3) is 0 Å². The molecule has 1 unspecified atom stereocenters. The highest BCUT2D eigenvalue weighted by Crippen LogP contribution is 2.09. The second-order valence-corrected chi connectivity index (χ2v) is 4.33. The zero-order chi connectivity index (χ0) is 12.0. The first kappa shape index (κ1) is 13.1. The van der Waals surface area contributed by atoms with E-state index in [4.69, 9.17) is 9.26 Å². The minimum absolute atomic E-state index is 0.407. The third-order valence-corrected chi connectivity index (χ3v) is 2.19. The molecule has 1 N–H and O–H groups in total. The van der Waals surface area contributed by atoms with E-state index in [1.165, 1.54) is 0 Å². The number of hydrogen-bond acceptors (Lipinski definition) is 5. The molecule has 0 amide bonds. The molecular weight excluding hydrogens is 208 g/mol. The monoisotopic (exact) mass is 228 g/mol. The van der Waals surface area contributed by atoms with Gasteiger partial charge in [0.25, 0.3) is 0 Å². The van der Waals surface area contributed by atoms with Crippen molar-refractivity contribution in [2.75, 3.05) is 13.7 Å². The minimum atomic E-state index is -0.407. The zero-order valence-electron chi connectivity index (χ0n) is 10.1. The molecule has 0 aliphatic rings. The number of aromatic nitrogens is 2. The number of ether oxygens (including phenoxy) is 1. The van der Waals surface area contributed by atoms with Gasteiger partial charge in [0.15, 0.2) is 5.82 Å². The van der Waals surface area contributed by atoms with Gasteiger partial charge in [-0.1, -0.05) is 19.0 Å².